The van der Waals surface area contributed by atoms with E-state index in [0.717, 1.165) is 46.9 Å². The number of hydrogen-bond donors (Lipinski definition) is 1. The second-order valence-electron chi connectivity index (χ2n) is 8.42. The van der Waals surface area contributed by atoms with E-state index in [1.165, 1.54) is 12.8 Å². The molecule has 1 aliphatic rings. The number of hydrogen-bond acceptors (Lipinski definition) is 4. The maximum Gasteiger partial charge on any atom is 0.273 e. The van der Waals surface area contributed by atoms with Crippen LogP contribution in [0, 0.1) is 0 Å². The van der Waals surface area contributed by atoms with Crippen LogP contribution < -0.4 is 9.47 Å². The van der Waals surface area contributed by atoms with Gasteiger partial charge in [-0.15, -0.1) is 0 Å². The molecule has 1 aliphatic heterocycles. The molecule has 1 atom stereocenters. The Morgan fingerprint density at radius 1 is 1.03 bits per heavy atom. The molecule has 2 heterocycles. The molecule has 0 fully saturated rings. The van der Waals surface area contributed by atoms with E-state index in [1.54, 1.807) is 7.11 Å². The van der Waals surface area contributed by atoms with Gasteiger partial charge in [-0.2, -0.15) is 5.10 Å². The summed E-state index contributed by atoms with van der Waals surface area (Å²) in [4.78, 5) is 15.2. The van der Waals surface area contributed by atoms with Gasteiger partial charge in [-0.3, -0.25) is 9.89 Å². The van der Waals surface area contributed by atoms with E-state index < -0.39 is 0 Å². The number of methoxy groups -OCH3 is 1. The highest BCUT2D eigenvalue weighted by molar-refractivity contribution is 6.00. The Labute approximate surface area is 189 Å². The number of nitrogens with zero attached hydrogens (tertiary/aromatic N) is 2. The highest BCUT2D eigenvalue weighted by Gasteiger charge is 2.43. The van der Waals surface area contributed by atoms with Gasteiger partial charge >= 0.3 is 0 Å². The molecule has 1 amide bonds. The quantitative estimate of drug-likeness (QED) is 0.446. The van der Waals surface area contributed by atoms with E-state index >= 15 is 0 Å². The van der Waals surface area contributed by atoms with Crippen molar-refractivity contribution >= 4 is 5.91 Å². The zero-order chi connectivity index (χ0) is 22.7. The molecular formula is C26H31N3O3. The van der Waals surface area contributed by atoms with Crippen LogP contribution in [0.4, 0.5) is 0 Å². The standard InChI is InChI=1S/C26H31N3O3/c1-5-6-7-16-32-21-14-10-19(11-15-21)25-22-23(18-8-12-20(31-4)13-9-18)27-28-24(22)26(30)29(25)17(2)3/h8-15,17,25H,5-7,16H2,1-4H3,(H,27,28). The number of H-pyrrole nitrogens is 1. The van der Waals surface area contributed by atoms with Gasteiger partial charge in [-0.05, 0) is 62.2 Å². The van der Waals surface area contributed by atoms with Crippen LogP contribution in [-0.2, 0) is 0 Å². The lowest BCUT2D eigenvalue weighted by Crippen LogP contribution is -2.35. The fourth-order valence-corrected chi connectivity index (χ4v) is 4.28. The highest BCUT2D eigenvalue weighted by atomic mass is 16.5. The summed E-state index contributed by atoms with van der Waals surface area (Å²) in [5.41, 5.74) is 4.27. The summed E-state index contributed by atoms with van der Waals surface area (Å²) < 4.78 is 11.2. The van der Waals surface area contributed by atoms with Crippen LogP contribution in [0.15, 0.2) is 48.5 Å². The molecule has 1 N–H and O–H groups in total. The summed E-state index contributed by atoms with van der Waals surface area (Å²) in [7, 11) is 1.65. The van der Waals surface area contributed by atoms with Crippen molar-refractivity contribution in [3.63, 3.8) is 0 Å². The second kappa shape index (κ2) is 9.47. The SMILES string of the molecule is CCCCCOc1ccc(C2c3c(-c4ccc(OC)cc4)n[nH]c3C(=O)N2C(C)C)cc1. The normalized spacial score (nSPS) is 15.3. The molecule has 0 spiro atoms. The molecule has 1 unspecified atom stereocenters. The molecule has 6 nitrogen and oxygen atoms in total. The molecule has 6 heteroatoms. The van der Waals surface area contributed by atoms with Crippen molar-refractivity contribution in [1.82, 2.24) is 15.1 Å². The first kappa shape index (κ1) is 21.9. The first-order valence-corrected chi connectivity index (χ1v) is 11.3. The lowest BCUT2D eigenvalue weighted by Gasteiger charge is -2.30. The van der Waals surface area contributed by atoms with Crippen molar-refractivity contribution in [3.05, 3.63) is 65.4 Å². The fourth-order valence-electron chi connectivity index (χ4n) is 4.28. The maximum absolute atomic E-state index is 13.2. The van der Waals surface area contributed by atoms with Gasteiger partial charge in [-0.1, -0.05) is 31.9 Å². The molecule has 0 saturated carbocycles. The van der Waals surface area contributed by atoms with Crippen LogP contribution in [0.1, 0.15) is 67.7 Å². The Hall–Kier alpha value is -3.28. The molecule has 0 bridgehead atoms. The van der Waals surface area contributed by atoms with E-state index in [9.17, 15) is 4.79 Å². The van der Waals surface area contributed by atoms with Gasteiger partial charge in [-0.25, -0.2) is 0 Å². The Bertz CT molecular complexity index is 1050. The van der Waals surface area contributed by atoms with Crippen molar-refractivity contribution in [3.8, 4) is 22.8 Å². The third-order valence-corrected chi connectivity index (χ3v) is 5.94. The largest absolute Gasteiger partial charge is 0.497 e. The molecule has 0 radical (unpaired) electrons. The Balaban J connectivity index is 1.68. The summed E-state index contributed by atoms with van der Waals surface area (Å²) in [6.07, 6.45) is 3.40. The Morgan fingerprint density at radius 2 is 1.72 bits per heavy atom. The smallest absolute Gasteiger partial charge is 0.273 e. The summed E-state index contributed by atoms with van der Waals surface area (Å²) in [5.74, 6) is 1.62. The van der Waals surface area contributed by atoms with Crippen molar-refractivity contribution < 1.29 is 14.3 Å². The number of benzene rings is 2. The van der Waals surface area contributed by atoms with Crippen molar-refractivity contribution in [2.24, 2.45) is 0 Å². The van der Waals surface area contributed by atoms with Crippen LogP contribution in [0.3, 0.4) is 0 Å². The summed E-state index contributed by atoms with van der Waals surface area (Å²) in [5, 5.41) is 7.52. The maximum atomic E-state index is 13.2. The minimum absolute atomic E-state index is 0.0212. The Morgan fingerprint density at radius 3 is 2.34 bits per heavy atom. The molecule has 2 aromatic carbocycles. The molecule has 4 rings (SSSR count). The lowest BCUT2D eigenvalue weighted by molar-refractivity contribution is 0.0688. The summed E-state index contributed by atoms with van der Waals surface area (Å²) >= 11 is 0. The molecule has 0 saturated heterocycles. The van der Waals surface area contributed by atoms with Crippen LogP contribution >= 0.6 is 0 Å². The van der Waals surface area contributed by atoms with Gasteiger partial charge in [0.25, 0.3) is 5.91 Å². The molecular weight excluding hydrogens is 402 g/mol. The van der Waals surface area contributed by atoms with Gasteiger partial charge < -0.3 is 14.4 Å². The summed E-state index contributed by atoms with van der Waals surface area (Å²) in [6, 6.07) is 15.7. The number of carbonyl (C=O) groups is 1. The van der Waals surface area contributed by atoms with E-state index in [2.05, 4.69) is 29.3 Å². The van der Waals surface area contributed by atoms with Crippen molar-refractivity contribution in [1.29, 1.82) is 0 Å². The zero-order valence-electron chi connectivity index (χ0n) is 19.2. The van der Waals surface area contributed by atoms with Gasteiger partial charge in [0.05, 0.1) is 25.5 Å². The van der Waals surface area contributed by atoms with Crippen molar-refractivity contribution in [2.45, 2.75) is 52.1 Å². The molecule has 1 aromatic heterocycles. The number of fused-ring (bicyclic) bond motifs is 1. The summed E-state index contributed by atoms with van der Waals surface area (Å²) in [6.45, 7) is 6.99. The monoisotopic (exact) mass is 433 g/mol. The minimum Gasteiger partial charge on any atom is -0.497 e. The fraction of sp³-hybridized carbons (Fsp3) is 0.385. The number of amides is 1. The van der Waals surface area contributed by atoms with Crippen molar-refractivity contribution in [2.75, 3.05) is 13.7 Å². The van der Waals surface area contributed by atoms with E-state index in [-0.39, 0.29) is 18.0 Å². The lowest BCUT2D eigenvalue weighted by atomic mass is 9.95. The zero-order valence-corrected chi connectivity index (χ0v) is 19.2. The van der Waals surface area contributed by atoms with Crippen LogP contribution in [0.2, 0.25) is 0 Å². The first-order valence-electron chi connectivity index (χ1n) is 11.3. The number of carbonyl (C=O) groups excluding carboxylic acids is 1. The van der Waals surface area contributed by atoms with Crippen LogP contribution in [0.5, 0.6) is 11.5 Å². The highest BCUT2D eigenvalue weighted by Crippen LogP contribution is 2.44. The van der Waals surface area contributed by atoms with Gasteiger partial charge in [0.15, 0.2) is 0 Å². The number of aromatic amines is 1. The van der Waals surface area contributed by atoms with Gasteiger partial charge in [0.1, 0.15) is 17.2 Å². The number of rotatable bonds is 9. The molecule has 32 heavy (non-hydrogen) atoms. The number of unbranched alkanes of at least 4 members (excludes halogenated alkanes) is 2. The predicted octanol–water partition coefficient (Wildman–Crippen LogP) is 5.61. The third-order valence-electron chi connectivity index (χ3n) is 5.94. The second-order valence-corrected chi connectivity index (χ2v) is 8.42. The first-order chi connectivity index (χ1) is 15.5. The minimum atomic E-state index is -0.206. The molecule has 3 aromatic rings. The van der Waals surface area contributed by atoms with Crippen LogP contribution in [-0.4, -0.2) is 40.8 Å². The average Bonchev–Trinajstić information content (AvgIpc) is 3.36. The number of ether oxygens (including phenoxy) is 2. The van der Waals surface area contributed by atoms with E-state index in [4.69, 9.17) is 9.47 Å². The van der Waals surface area contributed by atoms with Gasteiger partial charge in [0.2, 0.25) is 0 Å². The van der Waals surface area contributed by atoms with Crippen LogP contribution in [0.25, 0.3) is 11.3 Å². The van der Waals surface area contributed by atoms with Gasteiger partial charge in [0, 0.05) is 17.2 Å². The predicted molar refractivity (Wildman–Crippen MR) is 125 cm³/mol. The van der Waals surface area contributed by atoms with E-state index in [0.29, 0.717) is 5.69 Å². The molecule has 0 aliphatic carbocycles. The number of aromatic nitrogens is 2. The average molecular weight is 434 g/mol. The van der Waals surface area contributed by atoms with E-state index in [1.807, 2.05) is 55.1 Å². The number of nitrogens with one attached hydrogen (secondary N) is 1. The Kier molecular flexibility index (Phi) is 6.49. The molecule has 168 valence electrons. The topological polar surface area (TPSA) is 67.5 Å². The third kappa shape index (κ3) is 4.09.